The van der Waals surface area contributed by atoms with Gasteiger partial charge in [-0.1, -0.05) is 58.0 Å². The third-order valence-electron chi connectivity index (χ3n) is 23.2. The second-order valence-electron chi connectivity index (χ2n) is 38.8. The predicted octanol–water partition coefficient (Wildman–Crippen LogP) is 22.4. The van der Waals surface area contributed by atoms with E-state index in [1.165, 1.54) is 53.0 Å². The van der Waals surface area contributed by atoms with Gasteiger partial charge < -0.3 is 92.0 Å². The topological polar surface area (TPSA) is 319 Å². The number of ether oxygens (including phenoxy) is 11. The van der Waals surface area contributed by atoms with Gasteiger partial charge in [-0.15, -0.1) is 0 Å². The third kappa shape index (κ3) is 24.0. The van der Waals surface area contributed by atoms with Crippen molar-refractivity contribution < 1.29 is 112 Å². The molecule has 766 valence electrons. The predicted molar refractivity (Wildman–Crippen MR) is 534 cm³/mol. The Morgan fingerprint density at radius 3 is 1.02 bits per heavy atom. The summed E-state index contributed by atoms with van der Waals surface area (Å²) in [6, 6.07) is 7.95. The van der Waals surface area contributed by atoms with Crippen LogP contribution in [0.4, 0.5) is 72.1 Å². The number of anilines is 8. The van der Waals surface area contributed by atoms with Crippen molar-refractivity contribution in [1.82, 2.24) is 23.7 Å². The first-order valence-electron chi connectivity index (χ1n) is 44.8. The molecule has 0 saturated carbocycles. The van der Waals surface area contributed by atoms with Gasteiger partial charge >= 0.3 is 54.0 Å². The van der Waals surface area contributed by atoms with Gasteiger partial charge in [0.25, 0.3) is 0 Å². The fraction of sp³-hybridized carbons (Fsp3) is 0.520. The second-order valence-corrected chi connectivity index (χ2v) is 41.5. The van der Waals surface area contributed by atoms with Gasteiger partial charge in [0.15, 0.2) is 36.3 Å². The SMILES string of the molecule is COC(=O)C(OC(C)(C)C)c1c(C)c(Br)c2c(c1Cl)N(C(=O)C(F)(F)F)CCN2.COC(=O)C(OC(C)(C)C)c1c(C)cc2c(c1Cl)N(C(=O)C(F)(F)F)CCN2.COC(=O)C(OC(C)(C)C)c1c(Cl)c2c3c(cc(C)n3CCN2)c1C.COC(=O)[C@@H](OC(C)(C)C)c1c(Cl)c2c3c(cc(C)n3CCN2)c1C.COC(=O)[C@@H](OC(C)(C)C)c1c(Cl)c2c3c(cc(C)n3CCN2c2ncc(OC)cn2)c1C. The van der Waals surface area contributed by atoms with E-state index in [9.17, 15) is 59.9 Å². The Kier molecular flexibility index (Phi) is 34.8. The van der Waals surface area contributed by atoms with Gasteiger partial charge in [0.1, 0.15) is 0 Å². The highest BCUT2D eigenvalue weighted by Crippen LogP contribution is 2.55. The summed E-state index contributed by atoms with van der Waals surface area (Å²) in [6.07, 6.45) is -12.2. The molecule has 4 N–H and O–H groups in total. The van der Waals surface area contributed by atoms with Crippen molar-refractivity contribution in [3.8, 4) is 5.75 Å². The normalized spacial score (nSPS) is 15.1. The maximum absolute atomic E-state index is 13.1. The molecule has 9 heterocycles. The van der Waals surface area contributed by atoms with Crippen LogP contribution in [0.5, 0.6) is 5.75 Å². The number of alkyl halides is 6. The summed E-state index contributed by atoms with van der Waals surface area (Å²) in [5.74, 6) is -5.91. The summed E-state index contributed by atoms with van der Waals surface area (Å²) < 4.78 is 146. The number of hydrogen-bond donors (Lipinski definition) is 4. The van der Waals surface area contributed by atoms with E-state index in [1.54, 1.807) is 74.9 Å². The molecule has 42 heteroatoms. The molecule has 0 bridgehead atoms. The Morgan fingerprint density at radius 1 is 0.371 bits per heavy atom. The number of carbonyl (C=O) groups excluding carboxylic acids is 7. The average molecular weight is 2130 g/mol. The van der Waals surface area contributed by atoms with Crippen LogP contribution in [0, 0.1) is 55.4 Å². The number of carbonyl (C=O) groups is 7. The minimum Gasteiger partial charge on any atom is -0.494 e. The van der Waals surface area contributed by atoms with Crippen LogP contribution in [-0.2, 0) is 101 Å². The maximum Gasteiger partial charge on any atom is 0.471 e. The van der Waals surface area contributed by atoms with Crippen LogP contribution in [0.25, 0.3) is 32.7 Å². The molecule has 0 saturated heterocycles. The summed E-state index contributed by atoms with van der Waals surface area (Å²) >= 11 is 37.0. The minimum absolute atomic E-state index is 0.0987. The van der Waals surface area contributed by atoms with Crippen LogP contribution in [-0.4, -0.2) is 194 Å². The number of fused-ring (bicyclic) bond motifs is 2. The Morgan fingerprint density at radius 2 is 0.671 bits per heavy atom. The van der Waals surface area contributed by atoms with Gasteiger partial charge in [-0.05, 0) is 227 Å². The molecule has 5 atom stereocenters. The molecule has 5 aliphatic heterocycles. The molecule has 14 rings (SSSR count). The van der Waals surface area contributed by atoms with E-state index in [0.717, 1.165) is 105 Å². The van der Waals surface area contributed by atoms with E-state index in [2.05, 4.69) is 99.8 Å². The summed E-state index contributed by atoms with van der Waals surface area (Å²) in [7, 11) is 8.00. The molecule has 9 aromatic rings. The van der Waals surface area contributed by atoms with E-state index < -0.39 is 113 Å². The van der Waals surface area contributed by atoms with Crippen LogP contribution in [0.3, 0.4) is 0 Å². The molecule has 2 amide bonds. The Bertz CT molecular complexity index is 6130. The van der Waals surface area contributed by atoms with Crippen LogP contribution in [0.2, 0.25) is 25.1 Å². The fourth-order valence-corrected chi connectivity index (χ4v) is 20.0. The Labute approximate surface area is 843 Å². The zero-order valence-electron chi connectivity index (χ0n) is 83.9. The van der Waals surface area contributed by atoms with Crippen molar-refractivity contribution in [2.24, 2.45) is 0 Å². The number of aryl methyl sites for hydroxylation is 7. The quantitative estimate of drug-likeness (QED) is 0.0374. The van der Waals surface area contributed by atoms with Gasteiger partial charge in [-0.25, -0.2) is 33.9 Å². The number of nitrogens with zero attached hydrogens (tertiary/aromatic N) is 8. The summed E-state index contributed by atoms with van der Waals surface area (Å²) in [5.41, 5.74) is 12.2. The number of amides is 2. The molecular formula is C98H122BrCl5F6N12O18. The number of hydrogen-bond acceptors (Lipinski definition) is 25. The number of halogens is 12. The molecule has 30 nitrogen and oxygen atoms in total. The fourth-order valence-electron chi connectivity index (χ4n) is 17.3. The number of aromatic nitrogens is 5. The molecule has 3 unspecified atom stereocenters. The second kappa shape index (κ2) is 43.4. The number of rotatable bonds is 17. The molecule has 0 fully saturated rings. The number of esters is 5. The smallest absolute Gasteiger partial charge is 0.471 e. The van der Waals surface area contributed by atoms with E-state index in [4.69, 9.17) is 110 Å². The molecular weight excluding hydrogens is 2000 g/mol. The summed E-state index contributed by atoms with van der Waals surface area (Å²) in [6.45, 7) is 47.4. The largest absolute Gasteiger partial charge is 0.494 e. The van der Waals surface area contributed by atoms with Gasteiger partial charge in [0.2, 0.25) is 5.95 Å². The lowest BCUT2D eigenvalue weighted by atomic mass is 9.96. The first-order valence-corrected chi connectivity index (χ1v) is 47.5. The lowest BCUT2D eigenvalue weighted by Crippen LogP contribution is -2.46. The van der Waals surface area contributed by atoms with Crippen molar-refractivity contribution in [1.29, 1.82) is 0 Å². The lowest BCUT2D eigenvalue weighted by Gasteiger charge is -2.35. The molecule has 5 aliphatic rings. The van der Waals surface area contributed by atoms with Crippen molar-refractivity contribution in [3.63, 3.8) is 0 Å². The number of methoxy groups -OCH3 is 6. The average Bonchev–Trinajstić information content (AvgIpc) is 1.54. The van der Waals surface area contributed by atoms with Crippen molar-refractivity contribution >= 4 is 194 Å². The zero-order chi connectivity index (χ0) is 105. The summed E-state index contributed by atoms with van der Waals surface area (Å²) in [4.78, 5) is 98.7. The van der Waals surface area contributed by atoms with E-state index >= 15 is 0 Å². The lowest BCUT2D eigenvalue weighted by molar-refractivity contribution is -0.170. The van der Waals surface area contributed by atoms with Gasteiger partial charge in [-0.3, -0.25) is 19.4 Å². The van der Waals surface area contributed by atoms with Crippen LogP contribution >= 0.6 is 73.9 Å². The Balaban J connectivity index is 0.000000181. The molecule has 0 aliphatic carbocycles. The van der Waals surface area contributed by atoms with Gasteiger partial charge in [-0.2, -0.15) is 26.3 Å². The maximum atomic E-state index is 13.1. The van der Waals surface area contributed by atoms with Gasteiger partial charge in [0, 0.05) is 131 Å². The van der Waals surface area contributed by atoms with Crippen LogP contribution in [0.15, 0.2) is 41.1 Å². The molecule has 4 aromatic heterocycles. The van der Waals surface area contributed by atoms with E-state index in [0.29, 0.717) is 75.4 Å². The number of nitrogens with one attached hydrogen (secondary N) is 4. The highest BCUT2D eigenvalue weighted by Gasteiger charge is 2.50. The molecule has 5 aromatic carbocycles. The van der Waals surface area contributed by atoms with E-state index in [1.807, 2.05) is 88.0 Å². The van der Waals surface area contributed by atoms with Gasteiger partial charge in [0.05, 0.1) is 165 Å². The monoisotopic (exact) mass is 2120 g/mol. The molecule has 140 heavy (non-hydrogen) atoms. The first-order chi connectivity index (χ1) is 64.9. The van der Waals surface area contributed by atoms with Crippen molar-refractivity contribution in [2.45, 2.75) is 250 Å². The highest BCUT2D eigenvalue weighted by atomic mass is 79.9. The van der Waals surface area contributed by atoms with E-state index in [-0.39, 0.29) is 70.1 Å². The minimum atomic E-state index is -5.08. The third-order valence-corrected chi connectivity index (χ3v) is 26.2. The first kappa shape index (κ1) is 112. The van der Waals surface area contributed by atoms with Crippen molar-refractivity contribution in [2.75, 3.05) is 124 Å². The molecule has 0 radical (unpaired) electrons. The number of benzene rings is 5. The standard InChI is InChI=1S/C24H29ClN4O4.2C19H25ClN2O3.C18H21BrClF3N2O4.C18H22ClF3N2O4/c1-13-10-16-14(2)17(21(22(30)32-7)33-24(3,4)5)18(25)20-19(16)28(13)8-9-29(20)23-26-11-15(31-6)12-27-23;2*1-10-9-12-11(2)13(17(18(23)24-6)25-19(3,4)5)14(20)15-16(12)22(10)8-7-21-15;1-8-9(14(15(26)28-5)29-17(2,3)4)11(20)13-12(10(8)19)24-6-7-25(13)16(27)18(21,22)23;1-9-8-10-13(24(7-6-23-10)16(26)18(20,21)22)12(19)11(9)14(15(25)27-5)28-17(2,3)4/h10-12,21H,8-9H2,1-7H3;2*9,17,21H,7-8H2,1-6H3;14,24H,6-7H2,1-5H3;8,14,23H,6-7H2,1-5H3/t21-;17-;;;/m00.../s1. The highest BCUT2D eigenvalue weighted by molar-refractivity contribution is 9.10. The zero-order valence-corrected chi connectivity index (χ0v) is 89.2. The van der Waals surface area contributed by atoms with Crippen LogP contribution in [0.1, 0.15) is 207 Å². The van der Waals surface area contributed by atoms with Crippen molar-refractivity contribution in [3.05, 3.63) is 139 Å². The summed E-state index contributed by atoms with van der Waals surface area (Å²) in [5, 5.41) is 17.0. The van der Waals surface area contributed by atoms with Crippen LogP contribution < -0.4 is 40.7 Å². The Hall–Kier alpha value is -9.80. The molecule has 0 spiro atoms.